The fourth-order valence-electron chi connectivity index (χ4n) is 1.63. The first kappa shape index (κ1) is 18.5. The third-order valence-electron chi connectivity index (χ3n) is 2.58. The molecule has 1 aromatic heterocycles. The molecule has 0 fully saturated rings. The lowest BCUT2D eigenvalue weighted by atomic mass is 10.0. The summed E-state index contributed by atoms with van der Waals surface area (Å²) in [5.41, 5.74) is 8.26. The quantitative estimate of drug-likeness (QED) is 0.895. The summed E-state index contributed by atoms with van der Waals surface area (Å²) in [6.45, 7) is 0. The second kappa shape index (κ2) is 8.62. The number of pyridine rings is 1. The molecule has 2 rings (SSSR count). The van der Waals surface area contributed by atoms with Crippen molar-refractivity contribution in [1.29, 1.82) is 0 Å². The molecule has 0 spiro atoms. The summed E-state index contributed by atoms with van der Waals surface area (Å²) >= 11 is 11.8. The number of nitrogens with zero attached hydrogens (tertiary/aromatic N) is 1. The zero-order valence-electron chi connectivity index (χ0n) is 9.92. The molecule has 6 heteroatoms. The van der Waals surface area contributed by atoms with Gasteiger partial charge in [0.15, 0.2) is 0 Å². The molecule has 2 N–H and O–H groups in total. The largest absolute Gasteiger partial charge is 0.324 e. The van der Waals surface area contributed by atoms with Gasteiger partial charge in [-0.25, -0.2) is 0 Å². The maximum Gasteiger partial charge on any atom is 0.0595 e. The average Bonchev–Trinajstić information content (AvgIpc) is 2.34. The number of halogens is 4. The third kappa shape index (κ3) is 5.17. The lowest BCUT2D eigenvalue weighted by Crippen LogP contribution is -2.13. The molecular weight excluding hydrogens is 326 g/mol. The van der Waals surface area contributed by atoms with E-state index in [4.69, 9.17) is 28.9 Å². The molecule has 2 nitrogen and oxygen atoms in total. The van der Waals surface area contributed by atoms with Crippen LogP contribution in [0.5, 0.6) is 0 Å². The number of hydrogen-bond acceptors (Lipinski definition) is 2. The molecule has 1 heterocycles. The summed E-state index contributed by atoms with van der Waals surface area (Å²) in [6, 6.07) is 9.31. The van der Waals surface area contributed by atoms with E-state index in [-0.39, 0.29) is 30.9 Å². The van der Waals surface area contributed by atoms with Crippen LogP contribution in [0.2, 0.25) is 10.0 Å². The highest BCUT2D eigenvalue weighted by Crippen LogP contribution is 2.26. The molecule has 0 aliphatic heterocycles. The van der Waals surface area contributed by atoms with Crippen LogP contribution in [0.4, 0.5) is 0 Å². The highest BCUT2D eigenvalue weighted by atomic mass is 35.5. The van der Waals surface area contributed by atoms with Gasteiger partial charge in [-0.1, -0.05) is 29.3 Å². The van der Waals surface area contributed by atoms with Gasteiger partial charge in [-0.05, 0) is 41.8 Å². The van der Waals surface area contributed by atoms with Crippen LogP contribution in [-0.2, 0) is 6.42 Å². The Bertz CT molecular complexity index is 505. The molecule has 1 aromatic carbocycles. The predicted octanol–water partition coefficient (Wildman–Crippen LogP) is 4.47. The van der Waals surface area contributed by atoms with Crippen LogP contribution >= 0.6 is 48.0 Å². The van der Waals surface area contributed by atoms with E-state index in [0.717, 1.165) is 17.5 Å². The third-order valence-corrected chi connectivity index (χ3v) is 3.32. The zero-order valence-corrected chi connectivity index (χ0v) is 13.1. The molecule has 1 atom stereocenters. The van der Waals surface area contributed by atoms with E-state index < -0.39 is 0 Å². The minimum absolute atomic E-state index is 0. The summed E-state index contributed by atoms with van der Waals surface area (Å²) in [5.74, 6) is 0. The minimum atomic E-state index is -0.0906. The average molecular weight is 340 g/mol. The van der Waals surface area contributed by atoms with Crippen LogP contribution in [0, 0.1) is 0 Å². The molecule has 0 aliphatic carbocycles. The highest BCUT2D eigenvalue weighted by Gasteiger charge is 2.08. The molecule has 0 bridgehead atoms. The Hall–Kier alpha value is -0.510. The number of benzene rings is 1. The number of hydrogen-bond donors (Lipinski definition) is 1. The lowest BCUT2D eigenvalue weighted by Gasteiger charge is -2.12. The summed E-state index contributed by atoms with van der Waals surface area (Å²) in [7, 11) is 0. The SMILES string of the molecule is Cl.Cl.NC(Cc1ccncc1)c1ccc(Cl)c(Cl)c1. The molecule has 0 saturated carbocycles. The van der Waals surface area contributed by atoms with E-state index in [1.54, 1.807) is 18.5 Å². The molecule has 19 heavy (non-hydrogen) atoms. The van der Waals surface area contributed by atoms with E-state index in [9.17, 15) is 0 Å². The standard InChI is InChI=1S/C13H12Cl2N2.2ClH/c14-11-2-1-10(8-12(11)15)13(16)7-9-3-5-17-6-4-9;;/h1-6,8,13H,7,16H2;2*1H. The maximum atomic E-state index is 6.12. The Morgan fingerprint density at radius 3 is 2.21 bits per heavy atom. The van der Waals surface area contributed by atoms with Gasteiger partial charge < -0.3 is 5.73 Å². The Morgan fingerprint density at radius 2 is 1.63 bits per heavy atom. The normalized spacial score (nSPS) is 11.1. The fraction of sp³-hybridized carbons (Fsp3) is 0.154. The van der Waals surface area contributed by atoms with Gasteiger partial charge in [0.25, 0.3) is 0 Å². The monoisotopic (exact) mass is 338 g/mol. The van der Waals surface area contributed by atoms with Crippen molar-refractivity contribution >= 4 is 48.0 Å². The Morgan fingerprint density at radius 1 is 1.00 bits per heavy atom. The minimum Gasteiger partial charge on any atom is -0.324 e. The van der Waals surface area contributed by atoms with E-state index in [1.807, 2.05) is 24.3 Å². The van der Waals surface area contributed by atoms with Crippen LogP contribution in [0.1, 0.15) is 17.2 Å². The van der Waals surface area contributed by atoms with Gasteiger partial charge in [0, 0.05) is 18.4 Å². The van der Waals surface area contributed by atoms with Gasteiger partial charge >= 0.3 is 0 Å². The second-order valence-corrected chi connectivity index (χ2v) is 4.65. The summed E-state index contributed by atoms with van der Waals surface area (Å²) in [4.78, 5) is 3.97. The van der Waals surface area contributed by atoms with Crippen LogP contribution in [0.25, 0.3) is 0 Å². The lowest BCUT2D eigenvalue weighted by molar-refractivity contribution is 0.721. The van der Waals surface area contributed by atoms with Gasteiger partial charge in [-0.15, -0.1) is 24.8 Å². The first-order chi connectivity index (χ1) is 8.16. The summed E-state index contributed by atoms with van der Waals surface area (Å²) in [6.07, 6.45) is 4.27. The van der Waals surface area contributed by atoms with Crippen LogP contribution in [0.15, 0.2) is 42.7 Å². The van der Waals surface area contributed by atoms with Gasteiger partial charge in [0.1, 0.15) is 0 Å². The zero-order chi connectivity index (χ0) is 12.3. The Kier molecular flexibility index (Phi) is 8.39. The smallest absolute Gasteiger partial charge is 0.0595 e. The van der Waals surface area contributed by atoms with Crippen LogP contribution in [0.3, 0.4) is 0 Å². The summed E-state index contributed by atoms with van der Waals surface area (Å²) in [5, 5.41) is 1.08. The van der Waals surface area contributed by atoms with Gasteiger partial charge in [-0.3, -0.25) is 4.98 Å². The topological polar surface area (TPSA) is 38.9 Å². The first-order valence-electron chi connectivity index (χ1n) is 5.26. The van der Waals surface area contributed by atoms with E-state index in [1.165, 1.54) is 0 Å². The molecule has 0 amide bonds. The van der Waals surface area contributed by atoms with Crippen molar-refractivity contribution < 1.29 is 0 Å². The predicted molar refractivity (Wildman–Crippen MR) is 85.8 cm³/mol. The van der Waals surface area contributed by atoms with Crippen molar-refractivity contribution in [2.75, 3.05) is 0 Å². The number of nitrogens with two attached hydrogens (primary N) is 1. The van der Waals surface area contributed by atoms with Gasteiger partial charge in [0.2, 0.25) is 0 Å². The number of aromatic nitrogens is 1. The Labute approximate surface area is 135 Å². The van der Waals surface area contributed by atoms with Crippen molar-refractivity contribution in [3.63, 3.8) is 0 Å². The van der Waals surface area contributed by atoms with Gasteiger partial charge in [-0.2, -0.15) is 0 Å². The maximum absolute atomic E-state index is 6.12. The van der Waals surface area contributed by atoms with Crippen molar-refractivity contribution in [2.45, 2.75) is 12.5 Å². The second-order valence-electron chi connectivity index (χ2n) is 3.84. The number of rotatable bonds is 3. The van der Waals surface area contributed by atoms with Crippen molar-refractivity contribution in [1.82, 2.24) is 4.98 Å². The van der Waals surface area contributed by atoms with Crippen LogP contribution in [-0.4, -0.2) is 4.98 Å². The van der Waals surface area contributed by atoms with Crippen molar-refractivity contribution in [3.05, 3.63) is 63.9 Å². The highest BCUT2D eigenvalue weighted by molar-refractivity contribution is 6.42. The van der Waals surface area contributed by atoms with E-state index >= 15 is 0 Å². The Balaban J connectivity index is 0.00000162. The first-order valence-corrected chi connectivity index (χ1v) is 6.02. The molecule has 2 aromatic rings. The van der Waals surface area contributed by atoms with Gasteiger partial charge in [0.05, 0.1) is 10.0 Å². The fourth-order valence-corrected chi connectivity index (χ4v) is 1.94. The van der Waals surface area contributed by atoms with Crippen LogP contribution < -0.4 is 5.73 Å². The van der Waals surface area contributed by atoms with E-state index in [0.29, 0.717) is 10.0 Å². The molecule has 0 aliphatic rings. The van der Waals surface area contributed by atoms with Crippen molar-refractivity contribution in [2.24, 2.45) is 5.73 Å². The van der Waals surface area contributed by atoms with E-state index in [2.05, 4.69) is 4.98 Å². The molecular formula is C13H14Cl4N2. The summed E-state index contributed by atoms with van der Waals surface area (Å²) < 4.78 is 0. The molecule has 104 valence electrons. The van der Waals surface area contributed by atoms with Crippen molar-refractivity contribution in [3.8, 4) is 0 Å². The molecule has 0 radical (unpaired) electrons. The molecule has 1 unspecified atom stereocenters. The molecule has 0 saturated heterocycles.